The zero-order valence-electron chi connectivity index (χ0n) is 82.3. The van der Waals surface area contributed by atoms with Crippen LogP contribution in [0, 0.1) is 90.0 Å². The summed E-state index contributed by atoms with van der Waals surface area (Å²) < 4.78 is 53.0. The molecule has 20 rings (SSSR count). The van der Waals surface area contributed by atoms with Gasteiger partial charge in [0, 0.05) is 105 Å². The number of rotatable bonds is 25. The van der Waals surface area contributed by atoms with Crippen LogP contribution in [-0.2, 0) is 68.3 Å². The molecule has 0 saturated carbocycles. The Kier molecular flexibility index (Phi) is 31.4. The predicted octanol–water partition coefficient (Wildman–Crippen LogP) is 18.9. The van der Waals surface area contributed by atoms with Gasteiger partial charge in [0.05, 0.1) is 41.0 Å². The molecule has 34 nitrogen and oxygen atoms in total. The van der Waals surface area contributed by atoms with Crippen molar-refractivity contribution in [2.45, 2.75) is 123 Å². The van der Waals surface area contributed by atoms with Gasteiger partial charge in [0.25, 0.3) is 0 Å². The number of aryl methyl sites for hydroxylation is 18. The van der Waals surface area contributed by atoms with Crippen molar-refractivity contribution in [3.63, 3.8) is 0 Å². The molecule has 10 aromatic carbocycles. The second-order valence-corrected chi connectivity index (χ2v) is 39.1. The Labute approximate surface area is 851 Å². The van der Waals surface area contributed by atoms with E-state index in [4.69, 9.17) is 28.1 Å². The molecule has 0 saturated heterocycles. The standard InChI is InChI=1S/2C22H22N4O2S.C21H21N5O2S.C21H20N4O3.C19H17BrN6O2S/c1-14-6-5-7-19(26-22(27)25(4)23-24-26)18(14)13-28-20-10-9-17(12-15(20)2)21-11-8-16(3)29-21;1-14-6-5-7-19(26-22(27)25(4)23-24-26)18(14)13-28-20-9-8-17(12-16(20)3)21-15(2)10-11-29-21;1-13-6-5-7-18(26-21(27)25(4)23-24-26)17(13)12-28-19-9-8-16(10-14(19)2)20-22-11-15(3)29-20;1-14-5-4-6-19(25-21(26)24(3)22-23-25)18(14)13-28-20-8-7-16(11-15(20)2)17-9-10-27-12-17;1-11-5-4-6-15(26-19(27)25(3)23-24-26)14(11)10-28-16-8-7-13(9-12(16)2)17-21-18(20)22-29-17/h2*5-12H,13H2,1-4H3;5-11H,12H2,1-4H3;4-12H,13H2,1-3H3;4-9H,10H2,1-3H3. The third kappa shape index (κ3) is 22.9. The molecule has 10 aromatic heterocycles. The van der Waals surface area contributed by atoms with Gasteiger partial charge in [-0.2, -0.15) is 51.2 Å². The SMILES string of the molecule is Cc1cc(-c2ccoc2)ccc1OCc1c(C)cccc1-n1nnn(C)c1=O.Cc1cc(-c2nc(Br)ns2)ccc1OCc1c(C)cccc1-n1nnn(C)c1=O.Cc1cc(-c2sccc2C)ccc1OCc1c(C)cccc1-n1nnn(C)c1=O.Cc1ccc(-c2ccc(OCc3c(C)cccc3-n3nnn(C)c3=O)c(C)c2)s1.Cc1cnc(-c2ccc(OCc3c(C)cccc3-n3nnn(C)c3=O)c(C)c2)s1. The first kappa shape index (κ1) is 101. The number of aromatic nitrogens is 23. The third-order valence-electron chi connectivity index (χ3n) is 23.9. The highest BCUT2D eigenvalue weighted by molar-refractivity contribution is 9.10. The summed E-state index contributed by atoms with van der Waals surface area (Å²) in [5.74, 6) is 3.99. The molecule has 734 valence electrons. The van der Waals surface area contributed by atoms with Crippen LogP contribution in [0.4, 0.5) is 0 Å². The fraction of sp³-hybridized carbons (Fsp3) is 0.219. The maximum absolute atomic E-state index is 12.3. The van der Waals surface area contributed by atoms with Crippen molar-refractivity contribution in [2.24, 2.45) is 35.2 Å². The van der Waals surface area contributed by atoms with Crippen molar-refractivity contribution >= 4 is 61.5 Å². The molecule has 39 heteroatoms. The molecule has 0 radical (unpaired) electrons. The van der Waals surface area contributed by atoms with Gasteiger partial charge in [0.15, 0.2) is 0 Å². The third-order valence-corrected chi connectivity index (χ3v) is 28.4. The number of nitrogens with zero attached hydrogens (tertiary/aromatic N) is 23. The highest BCUT2D eigenvalue weighted by Crippen LogP contribution is 2.38. The van der Waals surface area contributed by atoms with Crippen LogP contribution in [0.3, 0.4) is 0 Å². The van der Waals surface area contributed by atoms with E-state index >= 15 is 0 Å². The topological polar surface area (TPSA) is 362 Å². The molecule has 0 bridgehead atoms. The Morgan fingerprint density at radius 2 is 0.639 bits per heavy atom. The molecule has 20 aromatic rings. The van der Waals surface area contributed by atoms with Crippen molar-refractivity contribution in [3.05, 3.63) is 386 Å². The largest absolute Gasteiger partial charge is 0.489 e. The Morgan fingerprint density at radius 3 is 0.924 bits per heavy atom. The normalized spacial score (nSPS) is 11.0. The molecule has 0 amide bonds. The minimum atomic E-state index is -0.305. The monoisotopic (exact) mass is 2070 g/mol. The van der Waals surface area contributed by atoms with E-state index in [0.29, 0.717) is 66.2 Å². The van der Waals surface area contributed by atoms with E-state index in [1.807, 2.05) is 234 Å². The number of benzene rings is 10. The number of furan rings is 1. The second-order valence-electron chi connectivity index (χ2n) is 34.2. The zero-order chi connectivity index (χ0) is 102. The summed E-state index contributed by atoms with van der Waals surface area (Å²) in [6.45, 7) is 28.0. The van der Waals surface area contributed by atoms with Gasteiger partial charge in [-0.3, -0.25) is 0 Å². The van der Waals surface area contributed by atoms with Crippen LogP contribution >= 0.6 is 61.5 Å². The summed E-state index contributed by atoms with van der Waals surface area (Å²) in [4.78, 5) is 75.2. The molecule has 0 N–H and O–H groups in total. The minimum absolute atomic E-state index is 0.288. The van der Waals surface area contributed by atoms with E-state index < -0.39 is 0 Å². The first-order valence-corrected chi connectivity index (χ1v) is 49.5. The molecule has 0 aliphatic heterocycles. The maximum atomic E-state index is 12.3. The quantitative estimate of drug-likeness (QED) is 0.0513. The summed E-state index contributed by atoms with van der Waals surface area (Å²) >= 11 is 9.82. The lowest BCUT2D eigenvalue weighted by Crippen LogP contribution is -2.23. The fourth-order valence-corrected chi connectivity index (χ4v) is 19.4. The number of hydrogen-bond donors (Lipinski definition) is 0. The van der Waals surface area contributed by atoms with Crippen LogP contribution in [0.5, 0.6) is 28.7 Å². The molecular formula is C105H102BrN23O11S4. The lowest BCUT2D eigenvalue weighted by atomic mass is 10.1. The van der Waals surface area contributed by atoms with Gasteiger partial charge >= 0.3 is 28.4 Å². The smallest absolute Gasteiger partial charge is 0.368 e. The van der Waals surface area contributed by atoms with E-state index in [1.54, 1.807) is 81.8 Å². The molecule has 144 heavy (non-hydrogen) atoms. The lowest BCUT2D eigenvalue weighted by Gasteiger charge is -2.15. The van der Waals surface area contributed by atoms with E-state index in [2.05, 4.69) is 156 Å². The minimum Gasteiger partial charge on any atom is -0.489 e. The number of thiazole rings is 1. The highest BCUT2D eigenvalue weighted by atomic mass is 79.9. The van der Waals surface area contributed by atoms with Gasteiger partial charge in [-0.1, -0.05) is 66.7 Å². The lowest BCUT2D eigenvalue weighted by molar-refractivity contribution is 0.302. The average Bonchev–Trinajstić information content (AvgIpc) is 1.58. The van der Waals surface area contributed by atoms with Crippen molar-refractivity contribution < 1.29 is 28.1 Å². The van der Waals surface area contributed by atoms with Crippen molar-refractivity contribution in [3.8, 4) is 110 Å². The van der Waals surface area contributed by atoms with Crippen LogP contribution < -0.4 is 52.1 Å². The summed E-state index contributed by atoms with van der Waals surface area (Å²) in [7, 11) is 7.88. The Morgan fingerprint density at radius 1 is 0.312 bits per heavy atom. The number of thiophene rings is 2. The second kappa shape index (κ2) is 44.8. The molecular weight excluding hydrogens is 1970 g/mol. The Bertz CT molecular complexity index is 7910. The van der Waals surface area contributed by atoms with E-state index in [9.17, 15) is 24.0 Å². The summed E-state index contributed by atoms with van der Waals surface area (Å²) in [6, 6.07) is 67.5. The van der Waals surface area contributed by atoms with Crippen molar-refractivity contribution in [2.75, 3.05) is 0 Å². The van der Waals surface area contributed by atoms with Crippen LogP contribution in [0.15, 0.2) is 263 Å². The van der Waals surface area contributed by atoms with Crippen LogP contribution in [0.2, 0.25) is 0 Å². The first-order valence-electron chi connectivity index (χ1n) is 45.4. The van der Waals surface area contributed by atoms with Crippen molar-refractivity contribution in [1.82, 2.24) is 113 Å². The first-order chi connectivity index (χ1) is 69.3. The highest BCUT2D eigenvalue weighted by Gasteiger charge is 2.23. The van der Waals surface area contributed by atoms with Gasteiger partial charge < -0.3 is 28.1 Å². The number of tetrazole rings is 5. The van der Waals surface area contributed by atoms with Crippen molar-refractivity contribution in [1.29, 1.82) is 0 Å². The Hall–Kier alpha value is -16.1. The molecule has 10 heterocycles. The van der Waals surface area contributed by atoms with E-state index in [-0.39, 0.29) is 28.4 Å². The molecule has 0 unspecified atom stereocenters. The van der Waals surface area contributed by atoms with E-state index in [0.717, 1.165) is 144 Å². The summed E-state index contributed by atoms with van der Waals surface area (Å²) in [5.41, 5.74) is 24.5. The average molecular weight is 2070 g/mol. The maximum Gasteiger partial charge on any atom is 0.368 e. The number of hydrogen-bond acceptors (Lipinski definition) is 28. The van der Waals surface area contributed by atoms with E-state index in [1.165, 1.54) is 94.5 Å². The Balaban J connectivity index is 0.000000129. The number of halogens is 1. The van der Waals surface area contributed by atoms with Gasteiger partial charge in [-0.25, -0.2) is 33.9 Å². The van der Waals surface area contributed by atoms with Gasteiger partial charge in [0.1, 0.15) is 71.8 Å². The number of ether oxygens (including phenoxy) is 5. The molecule has 0 aliphatic carbocycles. The summed E-state index contributed by atoms with van der Waals surface area (Å²) in [5, 5.41) is 42.8. The van der Waals surface area contributed by atoms with Crippen LogP contribution in [0.1, 0.15) is 98.8 Å². The van der Waals surface area contributed by atoms with Gasteiger partial charge in [-0.15, -0.1) is 34.0 Å². The summed E-state index contributed by atoms with van der Waals surface area (Å²) in [6.07, 6.45) is 5.25. The fourth-order valence-electron chi connectivity index (χ4n) is 15.7. The predicted molar refractivity (Wildman–Crippen MR) is 560 cm³/mol. The molecule has 0 atom stereocenters. The molecule has 0 spiro atoms. The molecule has 0 aliphatic rings. The van der Waals surface area contributed by atoms with Crippen LogP contribution in [0.25, 0.3) is 81.6 Å². The molecule has 0 fully saturated rings. The van der Waals surface area contributed by atoms with Gasteiger partial charge in [0.2, 0.25) is 4.73 Å². The van der Waals surface area contributed by atoms with Gasteiger partial charge in [-0.05, 0) is 392 Å². The zero-order valence-corrected chi connectivity index (χ0v) is 87.1. The van der Waals surface area contributed by atoms with Crippen LogP contribution in [-0.4, -0.2) is 113 Å².